The predicted octanol–water partition coefficient (Wildman–Crippen LogP) is 3.26. The van der Waals surface area contributed by atoms with E-state index in [0.717, 1.165) is 31.4 Å². The van der Waals surface area contributed by atoms with Crippen molar-refractivity contribution in [2.24, 2.45) is 0 Å². The van der Waals surface area contributed by atoms with Gasteiger partial charge in [-0.3, -0.25) is 4.79 Å². The van der Waals surface area contributed by atoms with E-state index in [4.69, 9.17) is 0 Å². The maximum absolute atomic E-state index is 13.6. The Morgan fingerprint density at radius 1 is 1.00 bits per heavy atom. The van der Waals surface area contributed by atoms with Gasteiger partial charge in [-0.25, -0.2) is 23.1 Å². The Bertz CT molecular complexity index is 746. The number of carbonyl (C=O) groups is 1. The Morgan fingerprint density at radius 2 is 1.75 bits per heavy atom. The molecule has 3 rings (SSSR count). The van der Waals surface area contributed by atoms with Gasteiger partial charge in [-0.05, 0) is 31.4 Å². The molecule has 1 fully saturated rings. The third-order valence-electron chi connectivity index (χ3n) is 3.81. The average Bonchev–Trinajstić information content (AvgIpc) is 2.63. The number of piperidine rings is 1. The van der Waals surface area contributed by atoms with Gasteiger partial charge in [0.1, 0.15) is 11.5 Å². The molecule has 0 unspecified atom stereocenters. The van der Waals surface area contributed by atoms with Gasteiger partial charge in [0.15, 0.2) is 17.5 Å². The molecular formula is C16H15F3N4O. The summed E-state index contributed by atoms with van der Waals surface area (Å²) < 4.78 is 39.7. The molecule has 5 nitrogen and oxygen atoms in total. The summed E-state index contributed by atoms with van der Waals surface area (Å²) in [6, 6.07) is 1.87. The van der Waals surface area contributed by atoms with Crippen molar-refractivity contribution < 1.29 is 18.0 Å². The van der Waals surface area contributed by atoms with Crippen LogP contribution in [0.1, 0.15) is 29.8 Å². The molecule has 0 atom stereocenters. The quantitative estimate of drug-likeness (QED) is 0.874. The number of halogens is 3. The third-order valence-corrected chi connectivity index (χ3v) is 3.81. The molecule has 1 saturated heterocycles. The lowest BCUT2D eigenvalue weighted by Gasteiger charge is -2.26. The Kier molecular flexibility index (Phi) is 4.64. The molecule has 1 amide bonds. The first-order valence-electron chi connectivity index (χ1n) is 7.58. The summed E-state index contributed by atoms with van der Waals surface area (Å²) >= 11 is 0. The minimum atomic E-state index is -1.56. The lowest BCUT2D eigenvalue weighted by Crippen LogP contribution is -2.36. The first-order chi connectivity index (χ1) is 11.6. The molecule has 1 aromatic carbocycles. The third kappa shape index (κ3) is 3.32. The van der Waals surface area contributed by atoms with Gasteiger partial charge in [-0.2, -0.15) is 0 Å². The van der Waals surface area contributed by atoms with Crippen LogP contribution in [0.2, 0.25) is 0 Å². The van der Waals surface area contributed by atoms with Crippen molar-refractivity contribution in [3.8, 4) is 0 Å². The van der Waals surface area contributed by atoms with E-state index in [1.165, 1.54) is 12.4 Å². The molecule has 1 aromatic heterocycles. The fourth-order valence-corrected chi connectivity index (χ4v) is 2.52. The smallest absolute Gasteiger partial charge is 0.274 e. The molecule has 2 aromatic rings. The van der Waals surface area contributed by atoms with Gasteiger partial charge >= 0.3 is 0 Å². The maximum Gasteiger partial charge on any atom is 0.274 e. The van der Waals surface area contributed by atoms with Crippen LogP contribution in [0.3, 0.4) is 0 Å². The molecule has 1 aliphatic heterocycles. The summed E-state index contributed by atoms with van der Waals surface area (Å²) in [4.78, 5) is 22.0. The van der Waals surface area contributed by atoms with Gasteiger partial charge in [-0.15, -0.1) is 0 Å². The maximum atomic E-state index is 13.6. The number of amides is 1. The minimum Gasteiger partial charge on any atom is -0.337 e. The molecule has 24 heavy (non-hydrogen) atoms. The normalized spacial score (nSPS) is 14.5. The van der Waals surface area contributed by atoms with Crippen LogP contribution in [-0.4, -0.2) is 33.9 Å². The molecule has 2 heterocycles. The van der Waals surface area contributed by atoms with Crippen LogP contribution in [0, 0.1) is 17.5 Å². The molecule has 1 aliphatic rings. The zero-order chi connectivity index (χ0) is 17.1. The number of aromatic nitrogens is 2. The molecule has 126 valence electrons. The molecular weight excluding hydrogens is 321 g/mol. The summed E-state index contributed by atoms with van der Waals surface area (Å²) in [7, 11) is 0. The van der Waals surface area contributed by atoms with Gasteiger partial charge < -0.3 is 10.2 Å². The van der Waals surface area contributed by atoms with E-state index in [0.29, 0.717) is 13.1 Å². The highest BCUT2D eigenvalue weighted by Crippen LogP contribution is 2.22. The van der Waals surface area contributed by atoms with Crippen molar-refractivity contribution in [1.29, 1.82) is 0 Å². The highest BCUT2D eigenvalue weighted by molar-refractivity contribution is 5.92. The standard InChI is InChI=1S/C16H15F3N4O/c17-10-4-5-11(15(19)14(10)18)22-13-9-20-12(8-21-13)16(24)23-6-2-1-3-7-23/h4-5,8-9H,1-3,6-7H2,(H,21,22). The first-order valence-corrected chi connectivity index (χ1v) is 7.58. The van der Waals surface area contributed by atoms with Crippen LogP contribution in [0.5, 0.6) is 0 Å². The lowest BCUT2D eigenvalue weighted by molar-refractivity contribution is 0.0718. The SMILES string of the molecule is O=C(c1cnc(Nc2ccc(F)c(F)c2F)cn1)N1CCCCC1. The topological polar surface area (TPSA) is 58.1 Å². The number of hydrogen-bond donors (Lipinski definition) is 1. The number of likely N-dealkylation sites (tertiary alicyclic amines) is 1. The van der Waals surface area contributed by atoms with E-state index in [1.807, 2.05) is 0 Å². The van der Waals surface area contributed by atoms with Crippen LogP contribution >= 0.6 is 0 Å². The van der Waals surface area contributed by atoms with E-state index in [2.05, 4.69) is 15.3 Å². The zero-order valence-electron chi connectivity index (χ0n) is 12.7. The Labute approximate surface area is 136 Å². The fourth-order valence-electron chi connectivity index (χ4n) is 2.52. The van der Waals surface area contributed by atoms with Crippen LogP contribution < -0.4 is 5.32 Å². The van der Waals surface area contributed by atoms with Crippen LogP contribution in [0.15, 0.2) is 24.5 Å². The van der Waals surface area contributed by atoms with Gasteiger partial charge in [-0.1, -0.05) is 0 Å². The Balaban J connectivity index is 1.73. The first kappa shape index (κ1) is 16.2. The predicted molar refractivity (Wildman–Crippen MR) is 81.4 cm³/mol. The Morgan fingerprint density at radius 3 is 2.42 bits per heavy atom. The number of rotatable bonds is 3. The van der Waals surface area contributed by atoms with Crippen LogP contribution in [0.25, 0.3) is 0 Å². The molecule has 0 saturated carbocycles. The van der Waals surface area contributed by atoms with Crippen molar-refractivity contribution in [3.63, 3.8) is 0 Å². The van der Waals surface area contributed by atoms with Crippen molar-refractivity contribution in [1.82, 2.24) is 14.9 Å². The number of benzene rings is 1. The van der Waals surface area contributed by atoms with E-state index >= 15 is 0 Å². The van der Waals surface area contributed by atoms with Gasteiger partial charge in [0.05, 0.1) is 18.1 Å². The van der Waals surface area contributed by atoms with Gasteiger partial charge in [0, 0.05) is 13.1 Å². The summed E-state index contributed by atoms with van der Waals surface area (Å²) in [5.74, 6) is -4.26. The Hall–Kier alpha value is -2.64. The highest BCUT2D eigenvalue weighted by Gasteiger charge is 2.20. The lowest BCUT2D eigenvalue weighted by atomic mass is 10.1. The molecule has 0 bridgehead atoms. The molecule has 0 aliphatic carbocycles. The summed E-state index contributed by atoms with van der Waals surface area (Å²) in [6.07, 6.45) is 5.56. The number of nitrogens with zero attached hydrogens (tertiary/aromatic N) is 3. The van der Waals surface area contributed by atoms with Crippen molar-refractivity contribution in [2.45, 2.75) is 19.3 Å². The fraction of sp³-hybridized carbons (Fsp3) is 0.312. The number of hydrogen-bond acceptors (Lipinski definition) is 4. The minimum absolute atomic E-state index is 0.120. The van der Waals surface area contributed by atoms with Gasteiger partial charge in [0.2, 0.25) is 0 Å². The van der Waals surface area contributed by atoms with Crippen LogP contribution in [0.4, 0.5) is 24.7 Å². The van der Waals surface area contributed by atoms with Crippen molar-refractivity contribution in [3.05, 3.63) is 47.7 Å². The molecule has 8 heteroatoms. The van der Waals surface area contributed by atoms with E-state index in [1.54, 1.807) is 4.90 Å². The zero-order valence-corrected chi connectivity index (χ0v) is 12.7. The number of carbonyl (C=O) groups excluding carboxylic acids is 1. The summed E-state index contributed by atoms with van der Waals surface area (Å²) in [6.45, 7) is 1.39. The largest absolute Gasteiger partial charge is 0.337 e. The van der Waals surface area contributed by atoms with E-state index < -0.39 is 17.5 Å². The van der Waals surface area contributed by atoms with Crippen molar-refractivity contribution in [2.75, 3.05) is 18.4 Å². The van der Waals surface area contributed by atoms with Crippen molar-refractivity contribution >= 4 is 17.4 Å². The monoisotopic (exact) mass is 336 g/mol. The van der Waals surface area contributed by atoms with E-state index in [-0.39, 0.29) is 23.1 Å². The molecule has 0 spiro atoms. The molecule has 0 radical (unpaired) electrons. The summed E-state index contributed by atoms with van der Waals surface area (Å²) in [5, 5.41) is 2.51. The highest BCUT2D eigenvalue weighted by atomic mass is 19.2. The number of anilines is 2. The average molecular weight is 336 g/mol. The van der Waals surface area contributed by atoms with Gasteiger partial charge in [0.25, 0.3) is 5.91 Å². The second-order valence-corrected chi connectivity index (χ2v) is 5.49. The summed E-state index contributed by atoms with van der Waals surface area (Å²) in [5.41, 5.74) is -0.0773. The molecule has 1 N–H and O–H groups in total. The second kappa shape index (κ2) is 6.86. The van der Waals surface area contributed by atoms with E-state index in [9.17, 15) is 18.0 Å². The second-order valence-electron chi connectivity index (χ2n) is 5.49. The van der Waals surface area contributed by atoms with Crippen LogP contribution in [-0.2, 0) is 0 Å². The number of nitrogens with one attached hydrogen (secondary N) is 1.